The molecule has 2 aromatic rings. The van der Waals surface area contributed by atoms with Crippen LogP contribution >= 0.6 is 0 Å². The third kappa shape index (κ3) is 2.52. The average molecular weight is 253 g/mol. The van der Waals surface area contributed by atoms with Gasteiger partial charge in [-0.05, 0) is 24.3 Å². The first kappa shape index (κ1) is 11.4. The van der Waals surface area contributed by atoms with E-state index in [1.165, 1.54) is 24.3 Å². The van der Waals surface area contributed by atoms with Crippen LogP contribution in [-0.2, 0) is 10.1 Å². The number of nitrogens with zero attached hydrogens (tertiary/aromatic N) is 4. The second-order valence-electron chi connectivity index (χ2n) is 3.08. The standard InChI is InChI=1S/C8H7N5O3S/c9-8-12-10-7(11-13-8)5-1-3-6(4-2-5)17(14,15)16/h1-4H,(H2,9,12,13)(H,14,15,16). The Labute approximate surface area is 96.3 Å². The van der Waals surface area contributed by atoms with E-state index in [4.69, 9.17) is 10.3 Å². The Morgan fingerprint density at radius 2 is 1.53 bits per heavy atom. The van der Waals surface area contributed by atoms with E-state index in [-0.39, 0.29) is 16.7 Å². The molecule has 0 bridgehead atoms. The van der Waals surface area contributed by atoms with Crippen LogP contribution in [0.15, 0.2) is 29.2 Å². The highest BCUT2D eigenvalue weighted by Crippen LogP contribution is 2.16. The minimum atomic E-state index is -4.20. The van der Waals surface area contributed by atoms with Crippen LogP contribution in [0.5, 0.6) is 0 Å². The predicted octanol–water partition coefficient (Wildman–Crippen LogP) is -0.238. The molecule has 17 heavy (non-hydrogen) atoms. The summed E-state index contributed by atoms with van der Waals surface area (Å²) in [5, 5.41) is 14.4. The van der Waals surface area contributed by atoms with Crippen molar-refractivity contribution in [3.63, 3.8) is 0 Å². The first-order valence-electron chi connectivity index (χ1n) is 4.37. The Balaban J connectivity index is 2.39. The quantitative estimate of drug-likeness (QED) is 0.701. The molecule has 8 nitrogen and oxygen atoms in total. The molecule has 9 heteroatoms. The lowest BCUT2D eigenvalue weighted by atomic mass is 10.2. The number of nitrogens with two attached hydrogens (primary N) is 1. The first-order valence-corrected chi connectivity index (χ1v) is 5.81. The van der Waals surface area contributed by atoms with E-state index in [0.29, 0.717) is 5.56 Å². The van der Waals surface area contributed by atoms with Gasteiger partial charge in [0.05, 0.1) is 4.90 Å². The Morgan fingerprint density at radius 1 is 1.00 bits per heavy atom. The summed E-state index contributed by atoms with van der Waals surface area (Å²) in [4.78, 5) is -0.211. The molecule has 0 unspecified atom stereocenters. The number of benzene rings is 1. The highest BCUT2D eigenvalue weighted by Gasteiger charge is 2.10. The van der Waals surface area contributed by atoms with E-state index in [1.54, 1.807) is 0 Å². The van der Waals surface area contributed by atoms with E-state index in [2.05, 4.69) is 20.4 Å². The van der Waals surface area contributed by atoms with Crippen molar-refractivity contribution in [2.45, 2.75) is 4.90 Å². The summed E-state index contributed by atoms with van der Waals surface area (Å²) >= 11 is 0. The third-order valence-electron chi connectivity index (χ3n) is 1.90. The van der Waals surface area contributed by atoms with Crippen LogP contribution in [0.2, 0.25) is 0 Å². The summed E-state index contributed by atoms with van der Waals surface area (Å²) in [7, 11) is -4.20. The van der Waals surface area contributed by atoms with Crippen LogP contribution in [0, 0.1) is 0 Å². The largest absolute Gasteiger partial charge is 0.365 e. The van der Waals surface area contributed by atoms with E-state index in [0.717, 1.165) is 0 Å². The van der Waals surface area contributed by atoms with Crippen molar-refractivity contribution in [1.82, 2.24) is 20.4 Å². The lowest BCUT2D eigenvalue weighted by molar-refractivity contribution is 0.483. The number of anilines is 1. The summed E-state index contributed by atoms with van der Waals surface area (Å²) in [6.07, 6.45) is 0. The Hall–Kier alpha value is -2.13. The monoisotopic (exact) mass is 253 g/mol. The van der Waals surface area contributed by atoms with Crippen molar-refractivity contribution in [3.05, 3.63) is 24.3 Å². The van der Waals surface area contributed by atoms with Crippen molar-refractivity contribution < 1.29 is 13.0 Å². The highest BCUT2D eigenvalue weighted by molar-refractivity contribution is 7.85. The molecule has 88 valence electrons. The molecule has 0 aliphatic rings. The average Bonchev–Trinajstić information content (AvgIpc) is 2.29. The van der Waals surface area contributed by atoms with Gasteiger partial charge in [-0.1, -0.05) is 0 Å². The van der Waals surface area contributed by atoms with Crippen LogP contribution in [0.25, 0.3) is 11.4 Å². The van der Waals surface area contributed by atoms with E-state index in [9.17, 15) is 8.42 Å². The smallest absolute Gasteiger partial charge is 0.294 e. The minimum absolute atomic E-state index is 0.0525. The van der Waals surface area contributed by atoms with Gasteiger partial charge in [-0.25, -0.2) is 0 Å². The van der Waals surface area contributed by atoms with Gasteiger partial charge in [0, 0.05) is 5.56 Å². The Morgan fingerprint density at radius 3 is 2.00 bits per heavy atom. The van der Waals surface area contributed by atoms with Crippen molar-refractivity contribution in [3.8, 4) is 11.4 Å². The zero-order chi connectivity index (χ0) is 12.5. The van der Waals surface area contributed by atoms with Gasteiger partial charge < -0.3 is 5.73 Å². The first-order chi connectivity index (χ1) is 7.97. The van der Waals surface area contributed by atoms with E-state index in [1.807, 2.05) is 0 Å². The predicted molar refractivity (Wildman–Crippen MR) is 57.3 cm³/mol. The van der Waals surface area contributed by atoms with Gasteiger partial charge in [0.2, 0.25) is 5.82 Å². The van der Waals surface area contributed by atoms with Crippen molar-refractivity contribution in [1.29, 1.82) is 0 Å². The maximum absolute atomic E-state index is 10.8. The summed E-state index contributed by atoms with van der Waals surface area (Å²) in [6.45, 7) is 0. The molecule has 1 aromatic carbocycles. The summed E-state index contributed by atoms with van der Waals surface area (Å²) < 4.78 is 30.4. The van der Waals surface area contributed by atoms with Gasteiger partial charge in [-0.2, -0.15) is 8.42 Å². The number of hydrogen-bond donors (Lipinski definition) is 2. The molecule has 0 radical (unpaired) electrons. The molecular formula is C8H7N5O3S. The van der Waals surface area contributed by atoms with Gasteiger partial charge in [-0.15, -0.1) is 20.4 Å². The summed E-state index contributed by atoms with van der Waals surface area (Å²) in [5.41, 5.74) is 5.74. The lowest BCUT2D eigenvalue weighted by Crippen LogP contribution is -2.02. The fourth-order valence-electron chi connectivity index (χ4n) is 1.13. The molecule has 0 amide bonds. The maximum Gasteiger partial charge on any atom is 0.294 e. The van der Waals surface area contributed by atoms with E-state index >= 15 is 0 Å². The van der Waals surface area contributed by atoms with Gasteiger partial charge in [-0.3, -0.25) is 4.55 Å². The van der Waals surface area contributed by atoms with Crippen LogP contribution in [-0.4, -0.2) is 33.4 Å². The maximum atomic E-state index is 10.8. The number of nitrogen functional groups attached to an aromatic ring is 1. The number of rotatable bonds is 2. The van der Waals surface area contributed by atoms with Crippen molar-refractivity contribution in [2.75, 3.05) is 5.73 Å². The normalized spacial score (nSPS) is 11.4. The molecule has 0 atom stereocenters. The molecule has 1 heterocycles. The molecule has 0 spiro atoms. The fourth-order valence-corrected chi connectivity index (χ4v) is 1.61. The van der Waals surface area contributed by atoms with Crippen molar-refractivity contribution in [2.24, 2.45) is 0 Å². The molecule has 0 aliphatic heterocycles. The van der Waals surface area contributed by atoms with Gasteiger partial charge in [0.15, 0.2) is 0 Å². The molecule has 0 fully saturated rings. The number of hydrogen-bond acceptors (Lipinski definition) is 7. The zero-order valence-electron chi connectivity index (χ0n) is 8.35. The lowest BCUT2D eigenvalue weighted by Gasteiger charge is -1.99. The highest BCUT2D eigenvalue weighted by atomic mass is 32.2. The molecule has 0 saturated heterocycles. The summed E-state index contributed by atoms with van der Waals surface area (Å²) in [5.74, 6) is 0.157. The van der Waals surface area contributed by atoms with E-state index < -0.39 is 10.1 Å². The second-order valence-corrected chi connectivity index (χ2v) is 4.50. The molecule has 3 N–H and O–H groups in total. The van der Waals surface area contributed by atoms with Crippen LogP contribution in [0.1, 0.15) is 0 Å². The summed E-state index contributed by atoms with van der Waals surface area (Å²) in [6, 6.07) is 5.31. The molecule has 1 aromatic heterocycles. The second kappa shape index (κ2) is 4.03. The molecular weight excluding hydrogens is 246 g/mol. The molecule has 0 aliphatic carbocycles. The third-order valence-corrected chi connectivity index (χ3v) is 2.77. The van der Waals surface area contributed by atoms with Crippen molar-refractivity contribution >= 4 is 16.1 Å². The van der Waals surface area contributed by atoms with Crippen LogP contribution in [0.3, 0.4) is 0 Å². The SMILES string of the molecule is Nc1nnc(-c2ccc(S(=O)(=O)O)cc2)nn1. The van der Waals surface area contributed by atoms with Gasteiger partial charge in [0.25, 0.3) is 16.1 Å². The van der Waals surface area contributed by atoms with Gasteiger partial charge >= 0.3 is 0 Å². The van der Waals surface area contributed by atoms with Gasteiger partial charge in [0.1, 0.15) is 0 Å². The Bertz CT molecular complexity index is 623. The molecule has 2 rings (SSSR count). The van der Waals surface area contributed by atoms with Crippen LogP contribution < -0.4 is 5.73 Å². The topological polar surface area (TPSA) is 132 Å². The zero-order valence-corrected chi connectivity index (χ0v) is 9.16. The minimum Gasteiger partial charge on any atom is -0.365 e. The number of aromatic nitrogens is 4. The Kier molecular flexibility index (Phi) is 2.69. The fraction of sp³-hybridized carbons (Fsp3) is 0. The van der Waals surface area contributed by atoms with Crippen LogP contribution in [0.4, 0.5) is 5.95 Å². The molecule has 0 saturated carbocycles.